The van der Waals surface area contributed by atoms with E-state index in [1.165, 1.54) is 5.56 Å². The fourth-order valence-electron chi connectivity index (χ4n) is 4.53. The smallest absolute Gasteiger partial charge is 0.320 e. The van der Waals surface area contributed by atoms with Crippen molar-refractivity contribution in [1.29, 1.82) is 0 Å². The van der Waals surface area contributed by atoms with E-state index in [0.29, 0.717) is 31.0 Å². The lowest BCUT2D eigenvalue weighted by molar-refractivity contribution is 0.206. The van der Waals surface area contributed by atoms with E-state index in [9.17, 15) is 4.79 Å². The standard InChI is InChI=1S/C30H27N5O/c1-4-21-9-7-10-24(18-21)32-30(36)35-17-16-27-26(19-35)28(25-11-6-5-8-20(25)2)34-29(33-27)22-12-14-23(31-3)15-13-22/h5-15,18H,4,16-17,19H2,1-2H3,(H,32,36). The molecule has 6 nitrogen and oxygen atoms in total. The molecule has 0 unspecified atom stereocenters. The SMILES string of the molecule is [C-]#[N+]c1ccc(-c2nc3c(c(-c4ccccc4C)n2)CN(C(=O)Nc2cccc(CC)c2)CC3)cc1. The van der Waals surface area contributed by atoms with Crippen LogP contribution in [0.4, 0.5) is 16.2 Å². The summed E-state index contributed by atoms with van der Waals surface area (Å²) in [7, 11) is 0. The van der Waals surface area contributed by atoms with Gasteiger partial charge in [0.2, 0.25) is 0 Å². The molecule has 0 saturated carbocycles. The van der Waals surface area contributed by atoms with Crippen LogP contribution in [0, 0.1) is 13.5 Å². The minimum absolute atomic E-state index is 0.122. The Labute approximate surface area is 211 Å². The van der Waals surface area contributed by atoms with Crippen molar-refractivity contribution >= 4 is 17.4 Å². The zero-order chi connectivity index (χ0) is 25.1. The van der Waals surface area contributed by atoms with Gasteiger partial charge in [-0.1, -0.05) is 67.6 Å². The van der Waals surface area contributed by atoms with E-state index in [1.54, 1.807) is 12.1 Å². The van der Waals surface area contributed by atoms with Gasteiger partial charge in [0.15, 0.2) is 11.5 Å². The van der Waals surface area contributed by atoms with E-state index in [1.807, 2.05) is 47.4 Å². The van der Waals surface area contributed by atoms with Gasteiger partial charge < -0.3 is 10.2 Å². The van der Waals surface area contributed by atoms with Gasteiger partial charge in [0.1, 0.15) is 0 Å². The molecule has 1 N–H and O–H groups in total. The van der Waals surface area contributed by atoms with Crippen LogP contribution in [0.1, 0.15) is 29.3 Å². The van der Waals surface area contributed by atoms with Crippen molar-refractivity contribution in [2.75, 3.05) is 11.9 Å². The zero-order valence-corrected chi connectivity index (χ0v) is 20.5. The molecule has 178 valence electrons. The van der Waals surface area contributed by atoms with Crippen molar-refractivity contribution in [1.82, 2.24) is 14.9 Å². The van der Waals surface area contributed by atoms with Crippen molar-refractivity contribution < 1.29 is 4.79 Å². The van der Waals surface area contributed by atoms with Crippen molar-refractivity contribution in [3.63, 3.8) is 0 Å². The number of hydrogen-bond donors (Lipinski definition) is 1. The van der Waals surface area contributed by atoms with Gasteiger partial charge in [0.05, 0.1) is 24.5 Å². The Balaban J connectivity index is 1.51. The Kier molecular flexibility index (Phi) is 6.46. The largest absolute Gasteiger partial charge is 0.322 e. The van der Waals surface area contributed by atoms with Crippen LogP contribution in [0.25, 0.3) is 27.5 Å². The lowest BCUT2D eigenvalue weighted by Crippen LogP contribution is -2.39. The van der Waals surface area contributed by atoms with Gasteiger partial charge in [-0.2, -0.15) is 0 Å². The van der Waals surface area contributed by atoms with Crippen LogP contribution >= 0.6 is 0 Å². The molecule has 0 fully saturated rings. The maximum atomic E-state index is 13.2. The predicted octanol–water partition coefficient (Wildman–Crippen LogP) is 6.82. The van der Waals surface area contributed by atoms with Crippen LogP contribution in [0.5, 0.6) is 0 Å². The van der Waals surface area contributed by atoms with Crippen molar-refractivity contribution in [2.45, 2.75) is 33.2 Å². The van der Waals surface area contributed by atoms with Gasteiger partial charge in [0, 0.05) is 35.3 Å². The summed E-state index contributed by atoms with van der Waals surface area (Å²) in [5.74, 6) is 0.637. The molecule has 36 heavy (non-hydrogen) atoms. The molecule has 0 radical (unpaired) electrons. The molecule has 6 heteroatoms. The van der Waals surface area contributed by atoms with Gasteiger partial charge >= 0.3 is 6.03 Å². The van der Waals surface area contributed by atoms with Crippen LogP contribution in [0.15, 0.2) is 72.8 Å². The number of aryl methyl sites for hydroxylation is 2. The number of carbonyl (C=O) groups is 1. The third kappa shape index (κ3) is 4.69. The Hall–Kier alpha value is -4.50. The maximum Gasteiger partial charge on any atom is 0.322 e. The number of fused-ring (bicyclic) bond motifs is 1. The number of nitrogens with zero attached hydrogens (tertiary/aromatic N) is 4. The highest BCUT2D eigenvalue weighted by atomic mass is 16.2. The van der Waals surface area contributed by atoms with Crippen LogP contribution in [0.2, 0.25) is 0 Å². The third-order valence-corrected chi connectivity index (χ3v) is 6.59. The number of rotatable bonds is 4. The molecule has 1 aromatic heterocycles. The minimum atomic E-state index is -0.122. The van der Waals surface area contributed by atoms with Crippen LogP contribution in [0.3, 0.4) is 0 Å². The second-order valence-electron chi connectivity index (χ2n) is 8.95. The Bertz CT molecular complexity index is 1470. The summed E-state index contributed by atoms with van der Waals surface area (Å²) < 4.78 is 0. The zero-order valence-electron chi connectivity index (χ0n) is 20.5. The number of carbonyl (C=O) groups excluding carboxylic acids is 1. The number of anilines is 1. The van der Waals surface area contributed by atoms with Crippen LogP contribution in [-0.4, -0.2) is 27.4 Å². The van der Waals surface area contributed by atoms with E-state index in [4.69, 9.17) is 16.5 Å². The molecule has 2 heterocycles. The van der Waals surface area contributed by atoms with Crippen molar-refractivity contribution in [3.05, 3.63) is 107 Å². The van der Waals surface area contributed by atoms with E-state index in [0.717, 1.165) is 45.7 Å². The number of nitrogens with one attached hydrogen (secondary N) is 1. The predicted molar refractivity (Wildman–Crippen MR) is 143 cm³/mol. The van der Waals surface area contributed by atoms with E-state index in [2.05, 4.69) is 42.2 Å². The maximum absolute atomic E-state index is 13.2. The lowest BCUT2D eigenvalue weighted by atomic mass is 9.96. The average Bonchev–Trinajstić information content (AvgIpc) is 2.92. The van der Waals surface area contributed by atoms with Crippen LogP contribution < -0.4 is 5.32 Å². The van der Waals surface area contributed by atoms with Gasteiger partial charge in [0.25, 0.3) is 0 Å². The molecule has 1 aliphatic rings. The number of amides is 2. The normalized spacial score (nSPS) is 12.5. The minimum Gasteiger partial charge on any atom is -0.320 e. The highest BCUT2D eigenvalue weighted by Crippen LogP contribution is 2.33. The molecule has 3 aromatic carbocycles. The molecular formula is C30H27N5O. The molecule has 0 atom stereocenters. The third-order valence-electron chi connectivity index (χ3n) is 6.59. The summed E-state index contributed by atoms with van der Waals surface area (Å²) >= 11 is 0. The van der Waals surface area contributed by atoms with E-state index >= 15 is 0 Å². The Morgan fingerprint density at radius 1 is 1.06 bits per heavy atom. The highest BCUT2D eigenvalue weighted by Gasteiger charge is 2.27. The van der Waals surface area contributed by atoms with Gasteiger partial charge in [-0.15, -0.1) is 0 Å². The summed E-state index contributed by atoms with van der Waals surface area (Å²) in [6, 6.07) is 23.4. The van der Waals surface area contributed by atoms with E-state index < -0.39 is 0 Å². The first-order valence-electron chi connectivity index (χ1n) is 12.1. The Morgan fingerprint density at radius 3 is 2.61 bits per heavy atom. The summed E-state index contributed by atoms with van der Waals surface area (Å²) in [5, 5.41) is 3.06. The number of hydrogen-bond acceptors (Lipinski definition) is 3. The molecule has 0 bridgehead atoms. The second kappa shape index (κ2) is 10.0. The number of urea groups is 1. The monoisotopic (exact) mass is 473 g/mol. The fraction of sp³-hybridized carbons (Fsp3) is 0.200. The van der Waals surface area contributed by atoms with Gasteiger partial charge in [-0.3, -0.25) is 0 Å². The topological polar surface area (TPSA) is 62.5 Å². The summed E-state index contributed by atoms with van der Waals surface area (Å²) in [6.07, 6.45) is 1.56. The molecule has 2 amide bonds. The highest BCUT2D eigenvalue weighted by molar-refractivity contribution is 5.89. The molecule has 1 aliphatic heterocycles. The molecule has 4 aromatic rings. The number of aromatic nitrogens is 2. The van der Waals surface area contributed by atoms with Crippen molar-refractivity contribution in [3.8, 4) is 22.6 Å². The first kappa shape index (κ1) is 23.3. The summed E-state index contributed by atoms with van der Waals surface area (Å²) in [5.41, 5.74) is 8.39. The summed E-state index contributed by atoms with van der Waals surface area (Å²) in [4.78, 5) is 28.4. The molecule has 0 saturated heterocycles. The van der Waals surface area contributed by atoms with Crippen molar-refractivity contribution in [2.24, 2.45) is 0 Å². The summed E-state index contributed by atoms with van der Waals surface area (Å²) in [6.45, 7) is 12.4. The van der Waals surface area contributed by atoms with Crippen LogP contribution in [-0.2, 0) is 19.4 Å². The van der Waals surface area contributed by atoms with E-state index in [-0.39, 0.29) is 6.03 Å². The molecule has 5 rings (SSSR count). The first-order chi connectivity index (χ1) is 17.6. The molecular weight excluding hydrogens is 446 g/mol. The van der Waals surface area contributed by atoms with Gasteiger partial charge in [-0.05, 0) is 36.6 Å². The lowest BCUT2D eigenvalue weighted by Gasteiger charge is -2.30. The quantitative estimate of drug-likeness (QED) is 0.331. The fourth-order valence-corrected chi connectivity index (χ4v) is 4.53. The molecule has 0 aliphatic carbocycles. The average molecular weight is 474 g/mol. The first-order valence-corrected chi connectivity index (χ1v) is 12.1. The second-order valence-corrected chi connectivity index (χ2v) is 8.95. The number of benzene rings is 3. The molecule has 0 spiro atoms. The van der Waals surface area contributed by atoms with Gasteiger partial charge in [-0.25, -0.2) is 19.6 Å². The Morgan fingerprint density at radius 2 is 1.86 bits per heavy atom.